The molecule has 2 aromatic rings. The Morgan fingerprint density at radius 2 is 2.25 bits per heavy atom. The van der Waals surface area contributed by atoms with Gasteiger partial charge in [0.15, 0.2) is 11.5 Å². The van der Waals surface area contributed by atoms with Crippen molar-refractivity contribution in [2.24, 2.45) is 0 Å². The van der Waals surface area contributed by atoms with Crippen molar-refractivity contribution in [2.45, 2.75) is 6.92 Å². The van der Waals surface area contributed by atoms with Crippen LogP contribution in [0.3, 0.4) is 0 Å². The van der Waals surface area contributed by atoms with Gasteiger partial charge in [0.2, 0.25) is 5.95 Å². The third-order valence-corrected chi connectivity index (χ3v) is 2.02. The molecular formula is C9H14N6O. The summed E-state index contributed by atoms with van der Waals surface area (Å²) < 4.78 is 0. The number of nitrogens with zero attached hydrogens (tertiary/aromatic N) is 3. The third-order valence-electron chi connectivity index (χ3n) is 2.02. The smallest absolute Gasteiger partial charge is 0.226 e. The molecule has 0 fully saturated rings. The first-order chi connectivity index (χ1) is 7.85. The number of fused-ring (bicyclic) bond motifs is 1. The van der Waals surface area contributed by atoms with Gasteiger partial charge in [-0.15, -0.1) is 0 Å². The normalized spacial score (nSPS) is 10.6. The Hall–Kier alpha value is -1.89. The van der Waals surface area contributed by atoms with Crippen LogP contribution >= 0.6 is 0 Å². The van der Waals surface area contributed by atoms with E-state index in [-0.39, 0.29) is 6.61 Å². The molecule has 16 heavy (non-hydrogen) atoms. The fourth-order valence-electron chi connectivity index (χ4n) is 1.37. The van der Waals surface area contributed by atoms with Crippen LogP contribution in [0.5, 0.6) is 0 Å². The molecule has 86 valence electrons. The number of imidazole rings is 1. The van der Waals surface area contributed by atoms with Gasteiger partial charge in [0.05, 0.1) is 12.9 Å². The van der Waals surface area contributed by atoms with E-state index in [0.717, 1.165) is 12.1 Å². The largest absolute Gasteiger partial charge is 0.395 e. The average Bonchev–Trinajstić information content (AvgIpc) is 2.74. The van der Waals surface area contributed by atoms with Gasteiger partial charge in [-0.25, -0.2) is 4.98 Å². The summed E-state index contributed by atoms with van der Waals surface area (Å²) in [4.78, 5) is 15.6. The van der Waals surface area contributed by atoms with Gasteiger partial charge >= 0.3 is 0 Å². The molecule has 0 aliphatic heterocycles. The van der Waals surface area contributed by atoms with E-state index < -0.39 is 0 Å². The molecule has 0 aromatic carbocycles. The molecular weight excluding hydrogens is 208 g/mol. The van der Waals surface area contributed by atoms with Crippen LogP contribution < -0.4 is 10.6 Å². The summed E-state index contributed by atoms with van der Waals surface area (Å²) >= 11 is 0. The van der Waals surface area contributed by atoms with Crippen LogP contribution in [-0.4, -0.2) is 44.7 Å². The van der Waals surface area contributed by atoms with Crippen molar-refractivity contribution >= 4 is 22.9 Å². The van der Waals surface area contributed by atoms with Crippen molar-refractivity contribution in [3.8, 4) is 0 Å². The molecule has 0 aliphatic rings. The number of anilines is 2. The molecule has 0 amide bonds. The standard InChI is InChI=1S/C9H14N6O/c1-2-10-9-14-7(11-3-4-16)6-8(15-9)13-5-12-6/h5,16H,2-4H2,1H3,(H3,10,11,12,13,14,15). The SMILES string of the molecule is CCNc1nc(NCCO)c2[nH]cnc2n1. The van der Waals surface area contributed by atoms with Gasteiger partial charge in [-0.3, -0.25) is 0 Å². The van der Waals surface area contributed by atoms with Crippen LogP contribution in [0.2, 0.25) is 0 Å². The summed E-state index contributed by atoms with van der Waals surface area (Å²) in [5.41, 5.74) is 1.35. The summed E-state index contributed by atoms with van der Waals surface area (Å²) in [5, 5.41) is 14.8. The average molecular weight is 222 g/mol. The van der Waals surface area contributed by atoms with Crippen molar-refractivity contribution in [1.82, 2.24) is 19.9 Å². The van der Waals surface area contributed by atoms with Gasteiger partial charge in [0.1, 0.15) is 5.52 Å². The van der Waals surface area contributed by atoms with Crippen LogP contribution in [0.25, 0.3) is 11.2 Å². The van der Waals surface area contributed by atoms with Crippen molar-refractivity contribution in [3.63, 3.8) is 0 Å². The number of H-pyrrole nitrogens is 1. The van der Waals surface area contributed by atoms with Crippen LogP contribution in [0.4, 0.5) is 11.8 Å². The zero-order valence-electron chi connectivity index (χ0n) is 8.99. The molecule has 0 bridgehead atoms. The molecule has 0 saturated carbocycles. The van der Waals surface area contributed by atoms with E-state index in [1.165, 1.54) is 0 Å². The maximum Gasteiger partial charge on any atom is 0.226 e. The van der Waals surface area contributed by atoms with Gasteiger partial charge in [-0.1, -0.05) is 0 Å². The monoisotopic (exact) mass is 222 g/mol. The molecule has 0 spiro atoms. The first kappa shape index (κ1) is 10.6. The quantitative estimate of drug-likeness (QED) is 0.576. The topological polar surface area (TPSA) is 98.8 Å². The molecule has 4 N–H and O–H groups in total. The highest BCUT2D eigenvalue weighted by Gasteiger charge is 2.08. The van der Waals surface area contributed by atoms with Gasteiger partial charge in [0, 0.05) is 13.1 Å². The van der Waals surface area contributed by atoms with Crippen molar-refractivity contribution in [1.29, 1.82) is 0 Å². The molecule has 2 heterocycles. The predicted octanol–water partition coefficient (Wildman–Crippen LogP) is 0.189. The molecule has 0 atom stereocenters. The van der Waals surface area contributed by atoms with E-state index in [0.29, 0.717) is 24.0 Å². The first-order valence-electron chi connectivity index (χ1n) is 5.15. The number of aromatic nitrogens is 4. The maximum absolute atomic E-state index is 8.78. The lowest BCUT2D eigenvalue weighted by Gasteiger charge is -2.07. The number of aliphatic hydroxyl groups excluding tert-OH is 1. The molecule has 0 aliphatic carbocycles. The molecule has 7 heteroatoms. The van der Waals surface area contributed by atoms with Crippen LogP contribution in [0, 0.1) is 0 Å². The predicted molar refractivity (Wildman–Crippen MR) is 61.4 cm³/mol. The third kappa shape index (κ3) is 2.03. The zero-order valence-corrected chi connectivity index (χ0v) is 8.99. The van der Waals surface area contributed by atoms with Crippen molar-refractivity contribution in [3.05, 3.63) is 6.33 Å². The Labute approximate surface area is 92.3 Å². The highest BCUT2D eigenvalue weighted by Crippen LogP contribution is 2.17. The molecule has 7 nitrogen and oxygen atoms in total. The van der Waals surface area contributed by atoms with Crippen molar-refractivity contribution in [2.75, 3.05) is 30.3 Å². The minimum absolute atomic E-state index is 0.0518. The van der Waals surface area contributed by atoms with E-state index in [1.807, 2.05) is 6.92 Å². The minimum Gasteiger partial charge on any atom is -0.395 e. The number of aliphatic hydroxyl groups is 1. The zero-order chi connectivity index (χ0) is 11.4. The fourth-order valence-corrected chi connectivity index (χ4v) is 1.37. The molecule has 0 saturated heterocycles. The summed E-state index contributed by atoms with van der Waals surface area (Å²) in [6.45, 7) is 3.21. The van der Waals surface area contributed by atoms with E-state index in [1.54, 1.807) is 6.33 Å². The molecule has 0 unspecified atom stereocenters. The number of hydrogen-bond donors (Lipinski definition) is 4. The number of nitrogens with one attached hydrogen (secondary N) is 3. The molecule has 2 rings (SSSR count). The van der Waals surface area contributed by atoms with Gasteiger partial charge in [-0.2, -0.15) is 9.97 Å². The van der Waals surface area contributed by atoms with Gasteiger partial charge < -0.3 is 20.7 Å². The van der Waals surface area contributed by atoms with E-state index >= 15 is 0 Å². The maximum atomic E-state index is 8.78. The van der Waals surface area contributed by atoms with E-state index in [4.69, 9.17) is 5.11 Å². The summed E-state index contributed by atoms with van der Waals surface area (Å²) in [7, 11) is 0. The highest BCUT2D eigenvalue weighted by atomic mass is 16.3. The highest BCUT2D eigenvalue weighted by molar-refractivity contribution is 5.83. The number of hydrogen-bond acceptors (Lipinski definition) is 6. The second kappa shape index (κ2) is 4.75. The van der Waals surface area contributed by atoms with Crippen LogP contribution in [0.15, 0.2) is 6.33 Å². The van der Waals surface area contributed by atoms with Gasteiger partial charge in [0.25, 0.3) is 0 Å². The Morgan fingerprint density at radius 1 is 1.38 bits per heavy atom. The second-order valence-corrected chi connectivity index (χ2v) is 3.18. The fraction of sp³-hybridized carbons (Fsp3) is 0.444. The van der Waals surface area contributed by atoms with E-state index in [9.17, 15) is 0 Å². The Balaban J connectivity index is 2.38. The van der Waals surface area contributed by atoms with Crippen molar-refractivity contribution < 1.29 is 5.11 Å². The minimum atomic E-state index is 0.0518. The Morgan fingerprint density at radius 3 is 3.00 bits per heavy atom. The number of rotatable bonds is 5. The lowest BCUT2D eigenvalue weighted by atomic mass is 10.4. The number of aromatic amines is 1. The second-order valence-electron chi connectivity index (χ2n) is 3.18. The molecule has 2 aromatic heterocycles. The lowest BCUT2D eigenvalue weighted by Crippen LogP contribution is -2.10. The summed E-state index contributed by atoms with van der Waals surface area (Å²) in [6.07, 6.45) is 1.57. The lowest BCUT2D eigenvalue weighted by molar-refractivity contribution is 0.311. The van der Waals surface area contributed by atoms with E-state index in [2.05, 4.69) is 30.6 Å². The Kier molecular flexibility index (Phi) is 3.16. The van der Waals surface area contributed by atoms with Crippen LogP contribution in [0.1, 0.15) is 6.92 Å². The summed E-state index contributed by atoms with van der Waals surface area (Å²) in [5.74, 6) is 1.18. The first-order valence-corrected chi connectivity index (χ1v) is 5.15. The molecule has 0 radical (unpaired) electrons. The summed E-state index contributed by atoms with van der Waals surface area (Å²) in [6, 6.07) is 0. The Bertz CT molecular complexity index is 468. The van der Waals surface area contributed by atoms with Gasteiger partial charge in [-0.05, 0) is 6.92 Å². The van der Waals surface area contributed by atoms with Crippen LogP contribution in [-0.2, 0) is 0 Å².